The van der Waals surface area contributed by atoms with Crippen LogP contribution in [0.4, 0.5) is 17.5 Å². The van der Waals surface area contributed by atoms with Crippen molar-refractivity contribution in [1.82, 2.24) is 24.1 Å². The van der Waals surface area contributed by atoms with Crippen molar-refractivity contribution in [2.24, 2.45) is 7.05 Å². The van der Waals surface area contributed by atoms with Crippen molar-refractivity contribution in [3.05, 3.63) is 24.2 Å². The third-order valence-electron chi connectivity index (χ3n) is 4.16. The van der Waals surface area contributed by atoms with Gasteiger partial charge in [0.15, 0.2) is 0 Å². The monoisotopic (exact) mass is 351 g/mol. The van der Waals surface area contributed by atoms with Gasteiger partial charge in [-0.1, -0.05) is 0 Å². The lowest BCUT2D eigenvalue weighted by molar-refractivity contribution is 0.474. The Labute approximate surface area is 140 Å². The average molecular weight is 351 g/mol. The van der Waals surface area contributed by atoms with Crippen molar-refractivity contribution >= 4 is 27.5 Å². The lowest BCUT2D eigenvalue weighted by Crippen LogP contribution is -2.30. The maximum absolute atomic E-state index is 12.0. The molecule has 10 heteroatoms. The number of aryl methyl sites for hydroxylation is 1. The normalized spacial score (nSPS) is 18.8. The Bertz CT molecular complexity index is 833. The van der Waals surface area contributed by atoms with Crippen LogP contribution in [0.1, 0.15) is 24.8 Å². The Morgan fingerprint density at radius 3 is 2.83 bits per heavy atom. The molecule has 9 nitrogen and oxygen atoms in total. The average Bonchev–Trinajstić information content (AvgIpc) is 3.17. The van der Waals surface area contributed by atoms with Crippen molar-refractivity contribution in [2.75, 3.05) is 29.9 Å². The molecule has 1 aliphatic rings. The predicted molar refractivity (Wildman–Crippen MR) is 91.3 cm³/mol. The van der Waals surface area contributed by atoms with E-state index in [2.05, 4.69) is 20.4 Å². The van der Waals surface area contributed by atoms with Crippen LogP contribution in [0, 0.1) is 0 Å². The number of nitrogens with zero attached hydrogens (tertiary/aromatic N) is 5. The van der Waals surface area contributed by atoms with E-state index in [1.165, 1.54) is 4.31 Å². The van der Waals surface area contributed by atoms with Crippen molar-refractivity contribution < 1.29 is 8.42 Å². The Morgan fingerprint density at radius 2 is 2.21 bits per heavy atom. The van der Waals surface area contributed by atoms with E-state index in [0.29, 0.717) is 24.9 Å². The highest BCUT2D eigenvalue weighted by Crippen LogP contribution is 2.31. The third kappa shape index (κ3) is 3.34. The third-order valence-corrected chi connectivity index (χ3v) is 6.01. The van der Waals surface area contributed by atoms with Gasteiger partial charge in [0, 0.05) is 44.0 Å². The number of hydrogen-bond donors (Lipinski definition) is 2. The molecular formula is C14H21N7O2S. The van der Waals surface area contributed by atoms with Crippen LogP contribution in [0.5, 0.6) is 0 Å². The van der Waals surface area contributed by atoms with Gasteiger partial charge in [-0.25, -0.2) is 17.7 Å². The molecule has 1 aliphatic heterocycles. The first-order valence-electron chi connectivity index (χ1n) is 7.75. The van der Waals surface area contributed by atoms with Gasteiger partial charge in [0.25, 0.3) is 0 Å². The number of rotatable bonds is 5. The second kappa shape index (κ2) is 6.36. The number of aromatic nitrogens is 4. The van der Waals surface area contributed by atoms with Gasteiger partial charge < -0.3 is 11.1 Å². The molecule has 0 bridgehead atoms. The molecule has 0 radical (unpaired) electrons. The second-order valence-electron chi connectivity index (χ2n) is 5.81. The number of nitrogens with one attached hydrogen (secondary N) is 1. The molecule has 0 amide bonds. The molecule has 2 aromatic rings. The first kappa shape index (κ1) is 16.7. The number of nitrogens with two attached hydrogens (primary N) is 1. The van der Waals surface area contributed by atoms with Gasteiger partial charge in [-0.15, -0.1) is 0 Å². The molecule has 1 saturated heterocycles. The molecule has 3 heterocycles. The minimum absolute atomic E-state index is 0.0266. The summed E-state index contributed by atoms with van der Waals surface area (Å²) in [5.41, 5.74) is 7.63. The Kier molecular flexibility index (Phi) is 4.41. The quantitative estimate of drug-likeness (QED) is 0.812. The van der Waals surface area contributed by atoms with Crippen molar-refractivity contribution in [3.63, 3.8) is 0 Å². The maximum atomic E-state index is 12.0. The number of nitrogen functional groups attached to an aromatic ring is 1. The largest absolute Gasteiger partial charge is 0.383 e. The maximum Gasteiger partial charge on any atom is 0.229 e. The fourth-order valence-corrected chi connectivity index (χ4v) is 3.97. The van der Waals surface area contributed by atoms with Crippen LogP contribution in [0.25, 0.3) is 0 Å². The molecule has 3 rings (SSSR count). The van der Waals surface area contributed by atoms with E-state index in [9.17, 15) is 8.42 Å². The van der Waals surface area contributed by atoms with Crippen LogP contribution in [-0.4, -0.2) is 51.3 Å². The molecule has 2 aromatic heterocycles. The molecule has 3 N–H and O–H groups in total. The van der Waals surface area contributed by atoms with Crippen LogP contribution < -0.4 is 11.1 Å². The Hall–Kier alpha value is -2.20. The van der Waals surface area contributed by atoms with Gasteiger partial charge in [0.2, 0.25) is 16.0 Å². The summed E-state index contributed by atoms with van der Waals surface area (Å²) in [7, 11) is -1.35. The van der Waals surface area contributed by atoms with Gasteiger partial charge in [-0.2, -0.15) is 10.1 Å². The zero-order valence-corrected chi connectivity index (χ0v) is 14.5. The summed E-state index contributed by atoms with van der Waals surface area (Å²) in [5, 5.41) is 7.09. The highest BCUT2D eigenvalue weighted by molar-refractivity contribution is 7.89. The lowest BCUT2D eigenvalue weighted by atomic mass is 10.0. The van der Waals surface area contributed by atoms with Crippen molar-refractivity contribution in [2.45, 2.75) is 19.3 Å². The van der Waals surface area contributed by atoms with Gasteiger partial charge in [0.1, 0.15) is 5.82 Å². The lowest BCUT2D eigenvalue weighted by Gasteiger charge is -2.16. The molecule has 1 fully saturated rings. The zero-order chi connectivity index (χ0) is 17.3. The van der Waals surface area contributed by atoms with Crippen molar-refractivity contribution in [1.29, 1.82) is 0 Å². The van der Waals surface area contributed by atoms with Gasteiger partial charge in [-0.05, 0) is 13.3 Å². The summed E-state index contributed by atoms with van der Waals surface area (Å²) in [5.74, 6) is 0.899. The first-order valence-corrected chi connectivity index (χ1v) is 9.36. The van der Waals surface area contributed by atoms with E-state index in [1.807, 2.05) is 7.05 Å². The standard InChI is InChI=1S/C14H21N7O2S/c1-3-24(22,23)21-5-4-10(8-21)12-7-16-14(19-13(12)15)18-11-6-17-20(2)9-11/h6-7,9-10H,3-5,8H2,1-2H3,(H3,15,16,18,19). The molecule has 0 aromatic carbocycles. The Balaban J connectivity index is 1.74. The summed E-state index contributed by atoms with van der Waals surface area (Å²) in [6, 6.07) is 0. The van der Waals surface area contributed by atoms with E-state index in [4.69, 9.17) is 5.73 Å². The van der Waals surface area contributed by atoms with E-state index < -0.39 is 10.0 Å². The highest BCUT2D eigenvalue weighted by Gasteiger charge is 2.32. The van der Waals surface area contributed by atoms with Crippen LogP contribution in [-0.2, 0) is 17.1 Å². The SMILES string of the molecule is CCS(=O)(=O)N1CCC(c2cnc(Nc3cnn(C)c3)nc2N)C1. The predicted octanol–water partition coefficient (Wildman–Crippen LogP) is 0.675. The van der Waals surface area contributed by atoms with Crippen LogP contribution >= 0.6 is 0 Å². The van der Waals surface area contributed by atoms with Crippen molar-refractivity contribution in [3.8, 4) is 0 Å². The molecule has 0 spiro atoms. The highest BCUT2D eigenvalue weighted by atomic mass is 32.2. The molecule has 0 aliphatic carbocycles. The minimum Gasteiger partial charge on any atom is -0.383 e. The van der Waals surface area contributed by atoms with E-state index in [-0.39, 0.29) is 11.7 Å². The molecule has 0 saturated carbocycles. The summed E-state index contributed by atoms with van der Waals surface area (Å²) < 4.78 is 27.1. The topological polar surface area (TPSA) is 119 Å². The van der Waals surface area contributed by atoms with Crippen LogP contribution in [0.15, 0.2) is 18.6 Å². The Morgan fingerprint density at radius 1 is 1.42 bits per heavy atom. The van der Waals surface area contributed by atoms with E-state index in [0.717, 1.165) is 17.7 Å². The number of hydrogen-bond acceptors (Lipinski definition) is 7. The van der Waals surface area contributed by atoms with E-state index in [1.54, 1.807) is 30.2 Å². The van der Waals surface area contributed by atoms with Gasteiger partial charge >= 0.3 is 0 Å². The molecular weight excluding hydrogens is 330 g/mol. The number of anilines is 3. The number of sulfonamides is 1. The second-order valence-corrected chi connectivity index (χ2v) is 8.06. The first-order chi connectivity index (χ1) is 11.4. The summed E-state index contributed by atoms with van der Waals surface area (Å²) in [6.07, 6.45) is 5.87. The van der Waals surface area contributed by atoms with Gasteiger partial charge in [0.05, 0.1) is 17.6 Å². The molecule has 130 valence electrons. The van der Waals surface area contributed by atoms with Crippen LogP contribution in [0.2, 0.25) is 0 Å². The van der Waals surface area contributed by atoms with Crippen LogP contribution in [0.3, 0.4) is 0 Å². The molecule has 1 unspecified atom stereocenters. The fraction of sp³-hybridized carbons (Fsp3) is 0.500. The van der Waals surface area contributed by atoms with E-state index >= 15 is 0 Å². The summed E-state index contributed by atoms with van der Waals surface area (Å²) in [4.78, 5) is 8.57. The summed E-state index contributed by atoms with van der Waals surface area (Å²) >= 11 is 0. The fourth-order valence-electron chi connectivity index (χ4n) is 2.81. The minimum atomic E-state index is -3.17. The van der Waals surface area contributed by atoms with Gasteiger partial charge in [-0.3, -0.25) is 4.68 Å². The molecule has 24 heavy (non-hydrogen) atoms. The smallest absolute Gasteiger partial charge is 0.229 e. The zero-order valence-electron chi connectivity index (χ0n) is 13.7. The molecule has 1 atom stereocenters. The summed E-state index contributed by atoms with van der Waals surface area (Å²) in [6.45, 7) is 2.59.